The van der Waals surface area contributed by atoms with Crippen molar-refractivity contribution in [1.82, 2.24) is 47.9 Å². The van der Waals surface area contributed by atoms with Gasteiger partial charge in [0.25, 0.3) is 0 Å². The lowest BCUT2D eigenvalue weighted by Gasteiger charge is -2.26. The number of nitrogens with one attached hydrogen (secondary N) is 9. The molecule has 0 spiro atoms. The molecule has 0 saturated heterocycles. The van der Waals surface area contributed by atoms with Crippen molar-refractivity contribution in [2.75, 3.05) is 37.7 Å². The van der Waals surface area contributed by atoms with E-state index in [2.05, 4.69) is 110 Å². The Hall–Kier alpha value is -8.47. The molecule has 8 atom stereocenters. The summed E-state index contributed by atoms with van der Waals surface area (Å²) in [4.78, 5) is 139. The summed E-state index contributed by atoms with van der Waals surface area (Å²) >= 11 is 1.38. The van der Waals surface area contributed by atoms with Crippen LogP contribution in [0.3, 0.4) is 0 Å². The van der Waals surface area contributed by atoms with Crippen LogP contribution in [-0.2, 0) is 47.9 Å². The molecule has 10 amide bonds. The van der Waals surface area contributed by atoms with Gasteiger partial charge in [0.05, 0.1) is 12.9 Å². The highest BCUT2D eigenvalue weighted by atomic mass is 32.2. The Morgan fingerprint density at radius 1 is 0.538 bits per heavy atom. The van der Waals surface area contributed by atoms with Gasteiger partial charge in [-0.1, -0.05) is 46.6 Å². The number of hydrogen-bond donors (Lipinski definition) is 15. The van der Waals surface area contributed by atoms with Gasteiger partial charge in [0.1, 0.15) is 54.1 Å². The van der Waals surface area contributed by atoms with E-state index >= 15 is 0 Å². The summed E-state index contributed by atoms with van der Waals surface area (Å²) in [5.41, 5.74) is 33.0. The molecule has 0 radical (unpaired) electrons. The van der Waals surface area contributed by atoms with Crippen molar-refractivity contribution in [3.8, 4) is 0 Å². The zero-order valence-corrected chi connectivity index (χ0v) is 55.2. The lowest BCUT2D eigenvalue weighted by Crippen LogP contribution is -2.60. The van der Waals surface area contributed by atoms with Crippen LogP contribution in [0, 0.1) is 0 Å². The number of carbonyl (C=O) groups is 10. The summed E-state index contributed by atoms with van der Waals surface area (Å²) in [5, 5.41) is 33.0. The maximum atomic E-state index is 14.1. The molecule has 0 aliphatic carbocycles. The minimum atomic E-state index is -1.69. The van der Waals surface area contributed by atoms with Crippen LogP contribution < -0.4 is 76.5 Å². The third-order valence-corrected chi connectivity index (χ3v) is 14.7. The van der Waals surface area contributed by atoms with Crippen LogP contribution in [0.25, 0.3) is 6.08 Å². The van der Waals surface area contributed by atoms with E-state index in [1.807, 2.05) is 6.92 Å². The summed E-state index contributed by atoms with van der Waals surface area (Å²) in [7, 11) is 0. The van der Waals surface area contributed by atoms with Gasteiger partial charge in [-0.05, 0) is 157 Å². The third-order valence-electron chi connectivity index (χ3n) is 13.7. The van der Waals surface area contributed by atoms with Crippen molar-refractivity contribution >= 4 is 88.8 Å². The second kappa shape index (κ2) is 45.7. The van der Waals surface area contributed by atoms with Crippen molar-refractivity contribution in [3.05, 3.63) is 76.8 Å². The first-order chi connectivity index (χ1) is 43.0. The van der Waals surface area contributed by atoms with Crippen LogP contribution in [0.4, 0.5) is 0 Å². The molecule has 0 fully saturated rings. The monoisotopic (exact) mass is 1290 g/mol. The van der Waals surface area contributed by atoms with Crippen molar-refractivity contribution in [1.29, 1.82) is 0 Å². The number of allylic oxidation sites excluding steroid dienone is 7. The number of nitrogens with two attached hydrogens (primary N) is 5. The van der Waals surface area contributed by atoms with Crippen molar-refractivity contribution in [3.63, 3.8) is 0 Å². The summed E-state index contributed by atoms with van der Waals surface area (Å²) < 4.78 is 5.15. The van der Waals surface area contributed by atoms with E-state index in [1.165, 1.54) is 74.6 Å². The predicted molar refractivity (Wildman–Crippen MR) is 355 cm³/mol. The Morgan fingerprint density at radius 3 is 1.43 bits per heavy atom. The Kier molecular flexibility index (Phi) is 40.5. The van der Waals surface area contributed by atoms with Gasteiger partial charge in [0.15, 0.2) is 11.9 Å². The molecule has 0 aliphatic rings. The van der Waals surface area contributed by atoms with Gasteiger partial charge in [-0.2, -0.15) is 11.8 Å². The summed E-state index contributed by atoms with van der Waals surface area (Å²) in [6.07, 6.45) is 20.2. The number of hydrogen-bond acceptors (Lipinski definition) is 15. The molecular weight excluding hydrogens is 1190 g/mol. The second-order valence-corrected chi connectivity index (χ2v) is 23.5. The van der Waals surface area contributed by atoms with Crippen LogP contribution >= 0.6 is 11.8 Å². The fourth-order valence-corrected chi connectivity index (χ4v) is 9.43. The minimum absolute atomic E-state index is 0.0180. The zero-order valence-electron chi connectivity index (χ0n) is 54.4. The molecule has 1 aromatic rings. The number of aliphatic hydroxyl groups excluding tert-OH is 1. The number of amides is 10. The maximum Gasteiger partial charge on any atom is 0.245 e. The van der Waals surface area contributed by atoms with Gasteiger partial charge in [-0.3, -0.25) is 57.9 Å². The molecule has 0 unspecified atom stereocenters. The van der Waals surface area contributed by atoms with Gasteiger partial charge >= 0.3 is 0 Å². The maximum absolute atomic E-state index is 14.1. The zero-order chi connectivity index (χ0) is 68.4. The molecule has 0 aromatic carbocycles. The SMILES string of the molecule is CC(=O)N[C@@H](CCCCNC(=O)/C=C/c1ccco1)C(=O)N[C@@H](C)C(=O)N[C@@H](C)C(=O)N[C@@H](C)C(=O)N[C@@H](CO)C(=O)N[C@@H](CCCN=C(N)N)C(=O)N[C@@H](CCCN=C(N)N)C(=O)N[C@@H](CSC/C=C(\C)CC/C=C(\C)CC/C=C(\C)CCC=C(C)C)C(N)=O. The normalized spacial score (nSPS) is 14.3. The van der Waals surface area contributed by atoms with Crippen LogP contribution in [0.15, 0.2) is 85.5 Å². The number of carbonyl (C=O) groups excluding carboxylic acids is 10. The predicted octanol–water partition coefficient (Wildman–Crippen LogP) is 1.00. The first-order valence-corrected chi connectivity index (χ1v) is 31.8. The fraction of sp³-hybridized carbons (Fsp3) is 0.581. The standard InChI is InChI=1S/C62H102N16O12S/c1-38(2)18-12-19-39(3)20-13-21-40(4)22-14-23-41(5)30-35-91-37-51(53(63)82)78-59(88)49(27-16-33-70-62(66)67)75-58(87)48(26-15-32-69-61(64)65)76-60(89)50(36-79)77-56(85)44(8)72-54(83)42(6)71-55(84)43(7)73-57(86)47(74-45(9)80)25-10-11-31-68-52(81)29-28-46-24-17-34-90-46/h17-18,20,22,24,28-30,34,42-44,47-51,79H,10-16,19,21,23,25-27,31-33,35-37H2,1-9H3,(H2,63,82)(H,68,81)(H,71,84)(H,72,83)(H,73,86)(H,74,80)(H,75,87)(H,76,89)(H,77,85)(H,78,88)(H4,64,65,69)(H4,66,67,70)/b29-28+,39-20+,40-22+,41-30+/t42-,43-,44-,47-,48-,49-,50-,51-/m0/s1. The Balaban J connectivity index is 3.01. The van der Waals surface area contributed by atoms with Crippen LogP contribution in [0.2, 0.25) is 0 Å². The molecule has 20 N–H and O–H groups in total. The average molecular weight is 1300 g/mol. The van der Waals surface area contributed by atoms with E-state index in [0.29, 0.717) is 24.4 Å². The number of nitrogens with zero attached hydrogens (tertiary/aromatic N) is 2. The molecule has 91 heavy (non-hydrogen) atoms. The number of primary amides is 1. The van der Waals surface area contributed by atoms with E-state index in [1.54, 1.807) is 12.1 Å². The fourth-order valence-electron chi connectivity index (χ4n) is 8.41. The summed E-state index contributed by atoms with van der Waals surface area (Å²) in [5.74, 6) is -6.90. The molecule has 1 heterocycles. The molecule has 0 bridgehead atoms. The molecule has 28 nitrogen and oxygen atoms in total. The van der Waals surface area contributed by atoms with Gasteiger partial charge < -0.3 is 86.0 Å². The van der Waals surface area contributed by atoms with Gasteiger partial charge in [-0.25, -0.2) is 0 Å². The average Bonchev–Trinajstić information content (AvgIpc) is 3.23. The number of aliphatic hydroxyl groups is 1. The topological polar surface area (TPSA) is 467 Å². The van der Waals surface area contributed by atoms with Gasteiger partial charge in [0, 0.05) is 44.1 Å². The second-order valence-electron chi connectivity index (χ2n) is 22.4. The largest absolute Gasteiger partial charge is 0.465 e. The van der Waals surface area contributed by atoms with E-state index < -0.39 is 108 Å². The van der Waals surface area contributed by atoms with Crippen molar-refractivity contribution in [2.24, 2.45) is 38.7 Å². The van der Waals surface area contributed by atoms with E-state index in [0.717, 1.165) is 44.1 Å². The molecule has 0 saturated carbocycles. The number of rotatable bonds is 45. The molecule has 29 heteroatoms. The van der Waals surface area contributed by atoms with E-state index in [-0.39, 0.29) is 75.3 Å². The first-order valence-electron chi connectivity index (χ1n) is 30.6. The molecule has 1 aromatic heterocycles. The van der Waals surface area contributed by atoms with Crippen LogP contribution in [-0.4, -0.2) is 162 Å². The molecule has 1 rings (SSSR count). The van der Waals surface area contributed by atoms with Crippen molar-refractivity contribution in [2.45, 2.75) is 194 Å². The Labute approximate surface area is 539 Å². The highest BCUT2D eigenvalue weighted by Crippen LogP contribution is 2.16. The van der Waals surface area contributed by atoms with Crippen LogP contribution in [0.5, 0.6) is 0 Å². The van der Waals surface area contributed by atoms with E-state index in [4.69, 9.17) is 33.1 Å². The summed E-state index contributed by atoms with van der Waals surface area (Å²) in [6, 6.07) is -7.07. The highest BCUT2D eigenvalue weighted by Gasteiger charge is 2.33. The number of aliphatic imine (C=N–C) groups is 2. The van der Waals surface area contributed by atoms with Crippen LogP contribution in [0.1, 0.15) is 152 Å². The smallest absolute Gasteiger partial charge is 0.245 e. The van der Waals surface area contributed by atoms with Gasteiger partial charge in [-0.15, -0.1) is 0 Å². The third kappa shape index (κ3) is 38.0. The Bertz CT molecular complexity index is 2730. The number of furan rings is 1. The lowest BCUT2D eigenvalue weighted by molar-refractivity contribution is -0.136. The van der Waals surface area contributed by atoms with Crippen molar-refractivity contribution < 1.29 is 57.5 Å². The number of thioether (sulfide) groups is 1. The number of guanidine groups is 2. The highest BCUT2D eigenvalue weighted by molar-refractivity contribution is 7.99. The van der Waals surface area contributed by atoms with E-state index in [9.17, 15) is 53.1 Å². The molecular formula is C62H102N16O12S. The Morgan fingerprint density at radius 2 is 0.967 bits per heavy atom. The minimum Gasteiger partial charge on any atom is -0.465 e. The molecule has 0 aliphatic heterocycles. The quantitative estimate of drug-likeness (QED) is 0.0142. The van der Waals surface area contributed by atoms with Gasteiger partial charge in [0.2, 0.25) is 59.1 Å². The lowest BCUT2D eigenvalue weighted by atomic mass is 10.0. The molecule has 508 valence electrons. The first kappa shape index (κ1) is 80.5. The number of unbranched alkanes of at least 4 members (excludes halogenated alkanes) is 1. The summed E-state index contributed by atoms with van der Waals surface area (Å²) in [6.45, 7) is 15.1.